The quantitative estimate of drug-likeness (QED) is 0.805. The zero-order valence-electron chi connectivity index (χ0n) is 17.4. The van der Waals surface area contributed by atoms with E-state index in [9.17, 15) is 14.4 Å². The van der Waals surface area contributed by atoms with Gasteiger partial charge in [-0.3, -0.25) is 4.79 Å². The van der Waals surface area contributed by atoms with E-state index >= 15 is 0 Å². The smallest absolute Gasteiger partial charge is 0.280 e. The molecule has 0 saturated carbocycles. The van der Waals surface area contributed by atoms with Gasteiger partial charge in [0.05, 0.1) is 5.56 Å². The lowest BCUT2D eigenvalue weighted by molar-refractivity contribution is -0.907. The van der Waals surface area contributed by atoms with E-state index in [1.807, 2.05) is 32.3 Å². The number of carbonyl (C=O) groups is 1. The highest BCUT2D eigenvalue weighted by atomic mass is 19.1. The van der Waals surface area contributed by atoms with Gasteiger partial charge < -0.3 is 19.5 Å². The van der Waals surface area contributed by atoms with Crippen molar-refractivity contribution in [2.45, 2.75) is 46.4 Å². The van der Waals surface area contributed by atoms with E-state index in [1.165, 1.54) is 12.1 Å². The minimum absolute atomic E-state index is 0.114. The van der Waals surface area contributed by atoms with E-state index in [0.717, 1.165) is 34.8 Å². The number of aromatic nitrogens is 1. The summed E-state index contributed by atoms with van der Waals surface area (Å²) in [5.41, 5.74) is 3.11. The van der Waals surface area contributed by atoms with Gasteiger partial charge in [-0.25, -0.2) is 4.39 Å². The van der Waals surface area contributed by atoms with Crippen LogP contribution in [0.1, 0.15) is 36.2 Å². The number of benzene rings is 1. The molecule has 1 saturated heterocycles. The summed E-state index contributed by atoms with van der Waals surface area (Å²) in [6, 6.07) is 8.46. The molecule has 2 N–H and O–H groups in total. The van der Waals surface area contributed by atoms with Crippen LogP contribution in [0.3, 0.4) is 0 Å². The van der Waals surface area contributed by atoms with Crippen molar-refractivity contribution in [3.8, 4) is 6.07 Å². The fourth-order valence-electron chi connectivity index (χ4n) is 4.04. The molecule has 1 fully saturated rings. The number of quaternary nitrogens is 1. The van der Waals surface area contributed by atoms with Crippen molar-refractivity contribution in [1.29, 1.82) is 5.26 Å². The van der Waals surface area contributed by atoms with Crippen LogP contribution in [0.5, 0.6) is 0 Å². The fraction of sp³-hybridized carbons (Fsp3) is 0.455. The van der Waals surface area contributed by atoms with Crippen LogP contribution in [-0.2, 0) is 16.1 Å². The van der Waals surface area contributed by atoms with Crippen LogP contribution in [0.4, 0.5) is 10.2 Å². The summed E-state index contributed by atoms with van der Waals surface area (Å²) >= 11 is 0. The largest absolute Gasteiger partial charge is 0.364 e. The van der Waals surface area contributed by atoms with E-state index in [4.69, 9.17) is 4.74 Å². The Balaban J connectivity index is 1.82. The third-order valence-corrected chi connectivity index (χ3v) is 5.48. The molecule has 3 rings (SSSR count). The molecule has 2 atom stereocenters. The monoisotopic (exact) mass is 399 g/mol. The molecule has 7 heteroatoms. The van der Waals surface area contributed by atoms with E-state index in [2.05, 4.69) is 11.4 Å². The topological polar surface area (TPSA) is 71.5 Å². The van der Waals surface area contributed by atoms with Crippen molar-refractivity contribution in [3.05, 3.63) is 52.5 Å². The maximum atomic E-state index is 13.2. The summed E-state index contributed by atoms with van der Waals surface area (Å²) in [7, 11) is 0. The minimum atomic E-state index is -0.294. The van der Waals surface area contributed by atoms with Crippen LogP contribution in [0.25, 0.3) is 0 Å². The Kier molecular flexibility index (Phi) is 6.36. The SMILES string of the molecule is Cc1c(C#N)c(NC(=O)C[NH+]2C[C@@H](C)O[C@H](C)C2)n(Cc2ccc(F)cc2)c1C. The zero-order chi connectivity index (χ0) is 21.1. The van der Waals surface area contributed by atoms with Crippen molar-refractivity contribution in [3.63, 3.8) is 0 Å². The standard InChI is InChI=1S/C22H27FN4O2/c1-14-10-26(11-15(2)29-14)13-21(28)25-22-20(9-24)16(3)17(4)27(22)12-18-5-7-19(23)8-6-18/h5-8,14-15H,10-13H2,1-4H3,(H,25,28)/p+1/t14-,15-/m1/s1. The van der Waals surface area contributed by atoms with Crippen molar-refractivity contribution in [2.24, 2.45) is 0 Å². The van der Waals surface area contributed by atoms with Gasteiger partial charge in [0, 0.05) is 12.2 Å². The molecule has 1 aromatic carbocycles. The van der Waals surface area contributed by atoms with Gasteiger partial charge >= 0.3 is 0 Å². The molecule has 1 aliphatic rings. The Morgan fingerprint density at radius 2 is 1.90 bits per heavy atom. The van der Waals surface area contributed by atoms with E-state index in [0.29, 0.717) is 24.5 Å². The normalized spacial score (nSPS) is 21.6. The molecule has 0 aliphatic carbocycles. The molecule has 1 aromatic heterocycles. The van der Waals surface area contributed by atoms with Crippen molar-refractivity contribution >= 4 is 11.7 Å². The number of rotatable bonds is 5. The average Bonchev–Trinajstić information content (AvgIpc) is 2.86. The number of carbonyl (C=O) groups excluding carboxylic acids is 1. The third-order valence-electron chi connectivity index (χ3n) is 5.48. The number of ether oxygens (including phenoxy) is 1. The van der Waals surface area contributed by atoms with Crippen LogP contribution in [-0.4, -0.2) is 42.3 Å². The maximum Gasteiger partial charge on any atom is 0.280 e. The van der Waals surface area contributed by atoms with Crippen molar-refractivity contribution in [1.82, 2.24) is 4.57 Å². The highest BCUT2D eigenvalue weighted by Gasteiger charge is 2.28. The molecule has 2 aromatic rings. The van der Waals surface area contributed by atoms with Crippen molar-refractivity contribution < 1.29 is 18.8 Å². The van der Waals surface area contributed by atoms with E-state index in [1.54, 1.807) is 12.1 Å². The van der Waals surface area contributed by atoms with Gasteiger partial charge in [-0.1, -0.05) is 12.1 Å². The number of nitrogens with one attached hydrogen (secondary N) is 2. The number of morpholine rings is 1. The Morgan fingerprint density at radius 1 is 1.28 bits per heavy atom. The van der Waals surface area contributed by atoms with Crippen molar-refractivity contribution in [2.75, 3.05) is 25.0 Å². The number of nitriles is 1. The highest BCUT2D eigenvalue weighted by Crippen LogP contribution is 2.27. The molecule has 154 valence electrons. The summed E-state index contributed by atoms with van der Waals surface area (Å²) in [6.07, 6.45) is 0.228. The van der Waals surface area contributed by atoms with Crippen LogP contribution >= 0.6 is 0 Å². The summed E-state index contributed by atoms with van der Waals surface area (Å²) in [4.78, 5) is 14.0. The van der Waals surface area contributed by atoms with Gasteiger partial charge in [0.2, 0.25) is 0 Å². The number of amides is 1. The lowest BCUT2D eigenvalue weighted by atomic mass is 10.2. The molecular formula is C22H28FN4O2+. The van der Waals surface area contributed by atoms with Gasteiger partial charge in [-0.05, 0) is 51.0 Å². The van der Waals surface area contributed by atoms with E-state index < -0.39 is 0 Å². The van der Waals surface area contributed by atoms with Gasteiger partial charge in [0.25, 0.3) is 5.91 Å². The molecule has 6 nitrogen and oxygen atoms in total. The maximum absolute atomic E-state index is 13.2. The Bertz CT molecular complexity index is 920. The predicted octanol–water partition coefficient (Wildman–Crippen LogP) is 1.79. The first-order valence-electron chi connectivity index (χ1n) is 9.91. The third kappa shape index (κ3) is 4.84. The van der Waals surface area contributed by atoms with Gasteiger partial charge in [-0.15, -0.1) is 0 Å². The molecule has 2 heterocycles. The average molecular weight is 399 g/mol. The van der Waals surface area contributed by atoms with Crippen LogP contribution < -0.4 is 10.2 Å². The second-order valence-electron chi connectivity index (χ2n) is 7.90. The van der Waals surface area contributed by atoms with E-state index in [-0.39, 0.29) is 23.9 Å². The molecule has 29 heavy (non-hydrogen) atoms. The first-order chi connectivity index (χ1) is 13.8. The summed E-state index contributed by atoms with van der Waals surface area (Å²) in [5, 5.41) is 12.6. The number of anilines is 1. The molecule has 1 aliphatic heterocycles. The number of halogens is 1. The number of nitrogens with zero attached hydrogens (tertiary/aromatic N) is 2. The van der Waals surface area contributed by atoms with Crippen LogP contribution in [0, 0.1) is 31.0 Å². The predicted molar refractivity (Wildman–Crippen MR) is 108 cm³/mol. The second kappa shape index (κ2) is 8.76. The lowest BCUT2D eigenvalue weighted by Crippen LogP contribution is -3.16. The fourth-order valence-corrected chi connectivity index (χ4v) is 4.04. The number of hydrogen-bond acceptors (Lipinski definition) is 3. The summed E-state index contributed by atoms with van der Waals surface area (Å²) < 4.78 is 20.9. The molecule has 1 amide bonds. The van der Waals surface area contributed by atoms with Crippen LogP contribution in [0.15, 0.2) is 24.3 Å². The zero-order valence-corrected chi connectivity index (χ0v) is 17.4. The molecule has 0 unspecified atom stereocenters. The Hall–Kier alpha value is -2.69. The summed E-state index contributed by atoms with van der Waals surface area (Å²) in [6.45, 7) is 10.2. The van der Waals surface area contributed by atoms with Gasteiger partial charge in [0.15, 0.2) is 6.54 Å². The van der Waals surface area contributed by atoms with Gasteiger partial charge in [0.1, 0.15) is 43.0 Å². The number of hydrogen-bond donors (Lipinski definition) is 2. The Labute approximate surface area is 170 Å². The second-order valence-corrected chi connectivity index (χ2v) is 7.90. The summed E-state index contributed by atoms with van der Waals surface area (Å²) in [5.74, 6) is 0.0820. The van der Waals surface area contributed by atoms with Crippen LogP contribution in [0.2, 0.25) is 0 Å². The minimum Gasteiger partial charge on any atom is -0.364 e. The lowest BCUT2D eigenvalue weighted by Gasteiger charge is -2.31. The first kappa shape index (κ1) is 21.0. The van der Waals surface area contributed by atoms with Gasteiger partial charge in [-0.2, -0.15) is 5.26 Å². The molecule has 0 radical (unpaired) electrons. The first-order valence-corrected chi connectivity index (χ1v) is 9.91. The highest BCUT2D eigenvalue weighted by molar-refractivity contribution is 5.92. The molecular weight excluding hydrogens is 371 g/mol. The molecule has 0 bridgehead atoms. The molecule has 0 spiro atoms. The Morgan fingerprint density at radius 3 is 2.48 bits per heavy atom.